The molecule has 0 fully saturated rings. The lowest BCUT2D eigenvalue weighted by Gasteiger charge is -2.20. The van der Waals surface area contributed by atoms with Crippen LogP contribution in [0.15, 0.2) is 53.5 Å². The SMILES string of the molecule is Cc1nc2c(OCC(=O)NC(C)(C)C)cccn2c(=O)c1-c1cc(C)n(-c2ccc(F)cc2)n1. The molecule has 0 radical (unpaired) electrons. The summed E-state index contributed by atoms with van der Waals surface area (Å²) in [5.41, 5.74) is 2.38. The summed E-state index contributed by atoms with van der Waals surface area (Å²) < 4.78 is 22.0. The summed E-state index contributed by atoms with van der Waals surface area (Å²) in [5, 5.41) is 7.41. The Labute approximate surface area is 196 Å². The molecule has 1 N–H and O–H groups in total. The number of rotatable bonds is 5. The average Bonchev–Trinajstić information content (AvgIpc) is 3.12. The van der Waals surface area contributed by atoms with Crippen LogP contribution in [0.5, 0.6) is 5.75 Å². The fourth-order valence-corrected chi connectivity index (χ4v) is 3.69. The van der Waals surface area contributed by atoms with Crippen LogP contribution in [-0.2, 0) is 4.79 Å². The molecule has 34 heavy (non-hydrogen) atoms. The molecule has 0 aliphatic heterocycles. The van der Waals surface area contributed by atoms with E-state index in [-0.39, 0.29) is 29.4 Å². The molecule has 3 aromatic heterocycles. The first kappa shape index (κ1) is 23.2. The van der Waals surface area contributed by atoms with Crippen LogP contribution >= 0.6 is 0 Å². The molecule has 1 aromatic carbocycles. The van der Waals surface area contributed by atoms with Gasteiger partial charge in [0.25, 0.3) is 11.5 Å². The van der Waals surface area contributed by atoms with Crippen molar-refractivity contribution in [2.75, 3.05) is 6.61 Å². The molecule has 4 aromatic rings. The highest BCUT2D eigenvalue weighted by molar-refractivity contribution is 5.78. The number of pyridine rings is 1. The maximum atomic E-state index is 13.4. The molecule has 0 unspecified atom stereocenters. The van der Waals surface area contributed by atoms with E-state index in [4.69, 9.17) is 4.74 Å². The topological polar surface area (TPSA) is 90.5 Å². The molecular weight excluding hydrogens is 437 g/mol. The quantitative estimate of drug-likeness (QED) is 0.489. The standard InChI is InChI=1S/C25H26FN5O3/c1-15-13-19(29-31(15)18-10-8-17(26)9-11-18)22-16(2)27-23-20(7-6-12-30(23)24(22)33)34-14-21(32)28-25(3,4)5/h6-13H,14H2,1-5H3,(H,28,32). The summed E-state index contributed by atoms with van der Waals surface area (Å²) in [5.74, 6) is -0.283. The predicted molar refractivity (Wildman–Crippen MR) is 127 cm³/mol. The zero-order valence-corrected chi connectivity index (χ0v) is 19.7. The van der Waals surface area contributed by atoms with Gasteiger partial charge in [0.15, 0.2) is 18.0 Å². The average molecular weight is 464 g/mol. The largest absolute Gasteiger partial charge is 0.480 e. The van der Waals surface area contributed by atoms with Crippen molar-refractivity contribution in [3.63, 3.8) is 0 Å². The Hall–Kier alpha value is -4.01. The van der Waals surface area contributed by atoms with Crippen LogP contribution < -0.4 is 15.6 Å². The van der Waals surface area contributed by atoms with E-state index in [1.165, 1.54) is 16.5 Å². The van der Waals surface area contributed by atoms with Gasteiger partial charge in [0.2, 0.25) is 0 Å². The monoisotopic (exact) mass is 463 g/mol. The maximum absolute atomic E-state index is 13.4. The van der Waals surface area contributed by atoms with Crippen molar-refractivity contribution in [2.24, 2.45) is 0 Å². The van der Waals surface area contributed by atoms with Crippen LogP contribution in [0.4, 0.5) is 4.39 Å². The predicted octanol–water partition coefficient (Wildman–Crippen LogP) is 3.60. The van der Waals surface area contributed by atoms with Crippen LogP contribution in [0.25, 0.3) is 22.6 Å². The minimum atomic E-state index is -0.380. The molecule has 0 atom stereocenters. The van der Waals surface area contributed by atoms with Gasteiger partial charge in [-0.05, 0) is 77.1 Å². The van der Waals surface area contributed by atoms with Gasteiger partial charge in [-0.15, -0.1) is 0 Å². The molecule has 176 valence electrons. The van der Waals surface area contributed by atoms with Crippen LogP contribution in [0.3, 0.4) is 0 Å². The van der Waals surface area contributed by atoms with Gasteiger partial charge in [-0.3, -0.25) is 14.0 Å². The summed E-state index contributed by atoms with van der Waals surface area (Å²) >= 11 is 0. The molecule has 0 saturated carbocycles. The summed E-state index contributed by atoms with van der Waals surface area (Å²) in [6.45, 7) is 9.03. The van der Waals surface area contributed by atoms with Gasteiger partial charge < -0.3 is 10.1 Å². The molecule has 0 spiro atoms. The zero-order chi connectivity index (χ0) is 24.6. The number of nitrogens with zero attached hydrogens (tertiary/aromatic N) is 4. The lowest BCUT2D eigenvalue weighted by atomic mass is 10.1. The highest BCUT2D eigenvalue weighted by atomic mass is 19.1. The van der Waals surface area contributed by atoms with Gasteiger partial charge >= 0.3 is 0 Å². The van der Waals surface area contributed by atoms with Gasteiger partial charge in [0.05, 0.1) is 16.9 Å². The van der Waals surface area contributed by atoms with Crippen molar-refractivity contribution < 1.29 is 13.9 Å². The lowest BCUT2D eigenvalue weighted by molar-refractivity contribution is -0.124. The first-order valence-electron chi connectivity index (χ1n) is 10.8. The third-order valence-corrected chi connectivity index (χ3v) is 5.09. The minimum Gasteiger partial charge on any atom is -0.480 e. The molecule has 3 heterocycles. The number of aromatic nitrogens is 4. The number of amides is 1. The molecule has 4 rings (SSSR count). The van der Waals surface area contributed by atoms with E-state index in [9.17, 15) is 14.0 Å². The van der Waals surface area contributed by atoms with E-state index < -0.39 is 0 Å². The molecule has 9 heteroatoms. The van der Waals surface area contributed by atoms with Gasteiger partial charge in [0.1, 0.15) is 11.5 Å². The van der Waals surface area contributed by atoms with Gasteiger partial charge in [-0.2, -0.15) is 5.10 Å². The first-order valence-corrected chi connectivity index (χ1v) is 10.8. The molecule has 0 aliphatic rings. The Bertz CT molecular complexity index is 1430. The Morgan fingerprint density at radius 3 is 2.53 bits per heavy atom. The van der Waals surface area contributed by atoms with Crippen molar-refractivity contribution in [1.82, 2.24) is 24.5 Å². The molecule has 0 saturated heterocycles. The van der Waals surface area contributed by atoms with Crippen LogP contribution in [0, 0.1) is 19.7 Å². The van der Waals surface area contributed by atoms with Crippen molar-refractivity contribution in [2.45, 2.75) is 40.2 Å². The normalized spacial score (nSPS) is 11.6. The minimum absolute atomic E-state index is 0.200. The van der Waals surface area contributed by atoms with E-state index in [1.807, 2.05) is 27.7 Å². The van der Waals surface area contributed by atoms with Gasteiger partial charge in [0, 0.05) is 17.4 Å². The van der Waals surface area contributed by atoms with Crippen molar-refractivity contribution >= 4 is 11.6 Å². The molecule has 8 nitrogen and oxygen atoms in total. The van der Waals surface area contributed by atoms with Crippen LogP contribution in [0.2, 0.25) is 0 Å². The highest BCUT2D eigenvalue weighted by Gasteiger charge is 2.19. The molecule has 1 amide bonds. The number of carbonyl (C=O) groups excluding carboxylic acids is 1. The summed E-state index contributed by atoms with van der Waals surface area (Å²) in [7, 11) is 0. The Kier molecular flexibility index (Phi) is 5.95. The number of hydrogen-bond donors (Lipinski definition) is 1. The van der Waals surface area contributed by atoms with Crippen LogP contribution in [0.1, 0.15) is 32.2 Å². The third kappa shape index (κ3) is 4.68. The molecule has 0 aliphatic carbocycles. The number of aryl methyl sites for hydroxylation is 2. The summed E-state index contributed by atoms with van der Waals surface area (Å²) in [4.78, 5) is 30.2. The number of hydrogen-bond acceptors (Lipinski definition) is 5. The maximum Gasteiger partial charge on any atom is 0.267 e. The highest BCUT2D eigenvalue weighted by Crippen LogP contribution is 2.24. The first-order chi connectivity index (χ1) is 16.0. The number of nitrogens with one attached hydrogen (secondary N) is 1. The zero-order valence-electron chi connectivity index (χ0n) is 19.7. The van der Waals surface area contributed by atoms with E-state index >= 15 is 0 Å². The Morgan fingerprint density at radius 2 is 1.85 bits per heavy atom. The fraction of sp³-hybridized carbons (Fsp3) is 0.280. The summed E-state index contributed by atoms with van der Waals surface area (Å²) in [6, 6.07) is 11.1. The van der Waals surface area contributed by atoms with Crippen molar-refractivity contribution in [1.29, 1.82) is 0 Å². The molecular formula is C25H26FN5O3. The summed E-state index contributed by atoms with van der Waals surface area (Å²) in [6.07, 6.45) is 1.60. The number of fused-ring (bicyclic) bond motifs is 1. The smallest absolute Gasteiger partial charge is 0.267 e. The van der Waals surface area contributed by atoms with Crippen LogP contribution in [-0.4, -0.2) is 37.2 Å². The fourth-order valence-electron chi connectivity index (χ4n) is 3.69. The number of ether oxygens (including phenoxy) is 1. The second-order valence-corrected chi connectivity index (χ2v) is 9.09. The second kappa shape index (κ2) is 8.74. The van der Waals surface area contributed by atoms with Crippen molar-refractivity contribution in [3.05, 3.63) is 76.2 Å². The van der Waals surface area contributed by atoms with Crippen molar-refractivity contribution in [3.8, 4) is 22.7 Å². The third-order valence-electron chi connectivity index (χ3n) is 5.09. The Balaban J connectivity index is 1.71. The van der Waals surface area contributed by atoms with Gasteiger partial charge in [-0.1, -0.05) is 0 Å². The number of benzene rings is 1. The molecule has 0 bridgehead atoms. The lowest BCUT2D eigenvalue weighted by Crippen LogP contribution is -2.43. The van der Waals surface area contributed by atoms with E-state index in [0.717, 1.165) is 5.69 Å². The Morgan fingerprint density at radius 1 is 1.15 bits per heavy atom. The van der Waals surface area contributed by atoms with E-state index in [2.05, 4.69) is 15.4 Å². The number of halogens is 1. The number of carbonyl (C=O) groups is 1. The van der Waals surface area contributed by atoms with E-state index in [1.54, 1.807) is 48.1 Å². The van der Waals surface area contributed by atoms with E-state index in [0.29, 0.717) is 34.0 Å². The van der Waals surface area contributed by atoms with Gasteiger partial charge in [-0.25, -0.2) is 14.1 Å². The second-order valence-electron chi connectivity index (χ2n) is 9.09.